The van der Waals surface area contributed by atoms with Crippen LogP contribution in [0.4, 0.5) is 0 Å². The van der Waals surface area contributed by atoms with E-state index in [0.717, 1.165) is 0 Å². The Labute approximate surface area is 291 Å². The van der Waals surface area contributed by atoms with Crippen LogP contribution in [0.3, 0.4) is 0 Å². The second-order valence-corrected chi connectivity index (χ2v) is 12.5. The Morgan fingerprint density at radius 2 is 0.843 bits per heavy atom. The van der Waals surface area contributed by atoms with Gasteiger partial charge in [0.05, 0.1) is 39.6 Å². The van der Waals surface area contributed by atoms with Crippen LogP contribution in [0.5, 0.6) is 0 Å². The van der Waals surface area contributed by atoms with Crippen molar-refractivity contribution in [1.29, 1.82) is 0 Å². The number of hydrogen-bond acceptors (Lipinski definition) is 21. The van der Waals surface area contributed by atoms with Gasteiger partial charge in [-0.2, -0.15) is 0 Å². The Morgan fingerprint density at radius 3 is 1.16 bits per heavy atom. The summed E-state index contributed by atoms with van der Waals surface area (Å²) in [6.45, 7) is 2.04. The van der Waals surface area contributed by atoms with E-state index < -0.39 is 149 Å². The SMILES string of the molecule is C=CCOC[C@@]1(O[C@H]2O[C@H](CO)[C@@H](O)[C@H](O)[C@H]2O)O[C@H](CO)[C@@H](O)[C@@H]1O[C@H]1[C@H](O)[C@@H](CO)O[C@@]1(COCC=C)O[C@H]1O[C@H](CO)[C@@H](O)[C@H](O)[C@H]1O. The maximum absolute atomic E-state index is 11.5. The summed E-state index contributed by atoms with van der Waals surface area (Å²) in [7, 11) is 0. The van der Waals surface area contributed by atoms with Crippen LogP contribution < -0.4 is 0 Å². The third-order valence-corrected chi connectivity index (χ3v) is 9.01. The van der Waals surface area contributed by atoms with Gasteiger partial charge in [0.15, 0.2) is 12.6 Å². The number of aliphatic hydroxyl groups excluding tert-OH is 12. The Morgan fingerprint density at radius 1 is 0.490 bits per heavy atom. The molecule has 296 valence electrons. The maximum Gasteiger partial charge on any atom is 0.224 e. The summed E-state index contributed by atoms with van der Waals surface area (Å²) in [6, 6.07) is 0. The Kier molecular flexibility index (Phi) is 15.2. The van der Waals surface area contributed by atoms with Crippen molar-refractivity contribution < 1.29 is 104 Å². The summed E-state index contributed by atoms with van der Waals surface area (Å²) >= 11 is 0. The first-order chi connectivity index (χ1) is 24.3. The molecule has 0 spiro atoms. The molecule has 0 aliphatic carbocycles. The summed E-state index contributed by atoms with van der Waals surface area (Å²) in [4.78, 5) is 0. The largest absolute Gasteiger partial charge is 0.394 e. The molecule has 18 atom stereocenters. The molecule has 4 rings (SSSR count). The minimum atomic E-state index is -2.42. The lowest BCUT2D eigenvalue weighted by molar-refractivity contribution is -0.407. The second-order valence-electron chi connectivity index (χ2n) is 12.5. The molecule has 0 amide bonds. The molecule has 0 aromatic rings. The first kappa shape index (κ1) is 42.4. The van der Waals surface area contributed by atoms with Gasteiger partial charge in [-0.15, -0.1) is 13.2 Å². The van der Waals surface area contributed by atoms with E-state index in [1.54, 1.807) is 0 Å². The molecule has 4 aliphatic rings. The van der Waals surface area contributed by atoms with Gasteiger partial charge in [0, 0.05) is 0 Å². The summed E-state index contributed by atoms with van der Waals surface area (Å²) < 4.78 is 52.3. The van der Waals surface area contributed by atoms with Crippen LogP contribution in [0.2, 0.25) is 0 Å². The zero-order chi connectivity index (χ0) is 37.7. The highest BCUT2D eigenvalue weighted by Crippen LogP contribution is 2.44. The second kappa shape index (κ2) is 18.3. The molecule has 0 aromatic carbocycles. The van der Waals surface area contributed by atoms with Crippen LogP contribution in [-0.4, -0.2) is 224 Å². The average Bonchev–Trinajstić information content (AvgIpc) is 3.54. The molecule has 21 heteroatoms. The quantitative estimate of drug-likeness (QED) is 0.0458. The summed E-state index contributed by atoms with van der Waals surface area (Å²) in [5.74, 6) is -4.84. The fourth-order valence-electron chi connectivity index (χ4n) is 6.29. The van der Waals surface area contributed by atoms with Gasteiger partial charge in [-0.25, -0.2) is 0 Å². The molecule has 4 fully saturated rings. The van der Waals surface area contributed by atoms with Crippen molar-refractivity contribution in [2.45, 2.75) is 110 Å². The van der Waals surface area contributed by atoms with Crippen molar-refractivity contribution in [3.05, 3.63) is 25.3 Å². The van der Waals surface area contributed by atoms with E-state index >= 15 is 0 Å². The molecular weight excluding hydrogens is 696 g/mol. The predicted octanol–water partition coefficient (Wildman–Crippen LogP) is -7.32. The highest BCUT2D eigenvalue weighted by molar-refractivity contribution is 5.05. The first-order valence-electron chi connectivity index (χ1n) is 16.2. The van der Waals surface area contributed by atoms with E-state index in [0.29, 0.717) is 0 Å². The monoisotopic (exact) mass is 746 g/mol. The normalized spacial score (nSPS) is 47.5. The van der Waals surface area contributed by atoms with Crippen LogP contribution in [0.25, 0.3) is 0 Å². The maximum atomic E-state index is 11.5. The smallest absolute Gasteiger partial charge is 0.224 e. The average molecular weight is 747 g/mol. The van der Waals surface area contributed by atoms with Crippen LogP contribution in [0.15, 0.2) is 25.3 Å². The van der Waals surface area contributed by atoms with Gasteiger partial charge in [-0.1, -0.05) is 12.2 Å². The van der Waals surface area contributed by atoms with E-state index in [2.05, 4.69) is 13.2 Å². The third kappa shape index (κ3) is 8.64. The molecule has 12 N–H and O–H groups in total. The number of ether oxygens (including phenoxy) is 9. The molecule has 51 heavy (non-hydrogen) atoms. The van der Waals surface area contributed by atoms with Gasteiger partial charge in [0.2, 0.25) is 11.6 Å². The minimum Gasteiger partial charge on any atom is -0.394 e. The predicted molar refractivity (Wildman–Crippen MR) is 162 cm³/mol. The van der Waals surface area contributed by atoms with Gasteiger partial charge in [-0.3, -0.25) is 0 Å². The van der Waals surface area contributed by atoms with E-state index in [9.17, 15) is 61.3 Å². The van der Waals surface area contributed by atoms with E-state index in [1.807, 2.05) is 0 Å². The molecular formula is C30H50O21. The Bertz CT molecular complexity index is 1020. The Hall–Kier alpha value is -1.36. The van der Waals surface area contributed by atoms with Crippen molar-refractivity contribution in [3.63, 3.8) is 0 Å². The highest BCUT2D eigenvalue weighted by Gasteiger charge is 2.66. The molecule has 4 heterocycles. The summed E-state index contributed by atoms with van der Waals surface area (Å²) in [6.07, 6.45) is -25.9. The van der Waals surface area contributed by atoms with E-state index in [4.69, 9.17) is 42.6 Å². The summed E-state index contributed by atoms with van der Waals surface area (Å²) in [5, 5.41) is 126. The van der Waals surface area contributed by atoms with Crippen LogP contribution in [-0.2, 0) is 42.6 Å². The molecule has 0 aromatic heterocycles. The van der Waals surface area contributed by atoms with E-state index in [-0.39, 0.29) is 13.2 Å². The topological polar surface area (TPSA) is 326 Å². The molecule has 0 saturated carbocycles. The Balaban J connectivity index is 1.77. The third-order valence-electron chi connectivity index (χ3n) is 9.01. The number of hydrogen-bond donors (Lipinski definition) is 12. The molecule has 21 nitrogen and oxygen atoms in total. The highest BCUT2D eigenvalue weighted by atomic mass is 16.8. The number of rotatable bonds is 18. The van der Waals surface area contributed by atoms with Gasteiger partial charge >= 0.3 is 0 Å². The standard InChI is InChI=1S/C30H50O21/c1-3-5-43-11-29(50-27-23(41)21(39)17(35)13(7-31)45-27)25(19(37)15(9-33)48-29)47-26-20(38)16(10-34)49-30(26,12-44-6-4-2)51-28-24(42)22(40)18(36)14(8-32)46-28/h3-4,13-28,31-42H,1-2,5-12H2/t13-,14-,15-,16-,17-,18-,19-,20-,21+,22+,23-,24-,25+,26+,27-,28-,29+,30+/m1/s1. The van der Waals surface area contributed by atoms with Crippen LogP contribution in [0, 0.1) is 0 Å². The fraction of sp³-hybridized carbons (Fsp3) is 0.867. The van der Waals surface area contributed by atoms with Crippen molar-refractivity contribution in [3.8, 4) is 0 Å². The van der Waals surface area contributed by atoms with Crippen molar-refractivity contribution >= 4 is 0 Å². The van der Waals surface area contributed by atoms with E-state index in [1.165, 1.54) is 12.2 Å². The van der Waals surface area contributed by atoms with Gasteiger partial charge in [-0.05, 0) is 0 Å². The summed E-state index contributed by atoms with van der Waals surface area (Å²) in [5.41, 5.74) is 0. The molecule has 0 radical (unpaired) electrons. The number of aliphatic hydroxyl groups is 12. The first-order valence-corrected chi connectivity index (χ1v) is 16.2. The molecule has 0 bridgehead atoms. The lowest BCUT2D eigenvalue weighted by Gasteiger charge is -2.46. The molecule has 0 unspecified atom stereocenters. The van der Waals surface area contributed by atoms with Gasteiger partial charge in [0.1, 0.15) is 98.7 Å². The van der Waals surface area contributed by atoms with Crippen molar-refractivity contribution in [2.24, 2.45) is 0 Å². The minimum absolute atomic E-state index is 0.156. The van der Waals surface area contributed by atoms with Gasteiger partial charge < -0.3 is 104 Å². The van der Waals surface area contributed by atoms with Crippen LogP contribution >= 0.6 is 0 Å². The zero-order valence-corrected chi connectivity index (χ0v) is 27.5. The van der Waals surface area contributed by atoms with Gasteiger partial charge in [0.25, 0.3) is 0 Å². The zero-order valence-electron chi connectivity index (χ0n) is 27.5. The van der Waals surface area contributed by atoms with Crippen LogP contribution in [0.1, 0.15) is 0 Å². The molecule has 4 aliphatic heterocycles. The fourth-order valence-corrected chi connectivity index (χ4v) is 6.29. The molecule has 4 saturated heterocycles. The van der Waals surface area contributed by atoms with Crippen molar-refractivity contribution in [2.75, 3.05) is 52.9 Å². The lowest BCUT2D eigenvalue weighted by Crippen LogP contribution is -2.65. The lowest BCUT2D eigenvalue weighted by atomic mass is 9.98. The van der Waals surface area contributed by atoms with Crippen molar-refractivity contribution in [1.82, 2.24) is 0 Å².